The van der Waals surface area contributed by atoms with Crippen molar-refractivity contribution in [3.63, 3.8) is 0 Å². The van der Waals surface area contributed by atoms with Crippen LogP contribution in [0.4, 0.5) is 4.39 Å². The molecule has 0 unspecified atom stereocenters. The standard InChI is InChI=1S/C16H21FS/c1-3-5-7-9-13-11-12-14(10-8-6-4-2)16(18)15(13)17/h3-6,11-12,18H,7-10H2,1-2H3/b5-3+,6-4+. The van der Waals surface area contributed by atoms with Gasteiger partial charge in [-0.25, -0.2) is 4.39 Å². The molecule has 18 heavy (non-hydrogen) atoms. The van der Waals surface area contributed by atoms with Crippen molar-refractivity contribution < 1.29 is 4.39 Å². The normalized spacial score (nSPS) is 11.8. The lowest BCUT2D eigenvalue weighted by Gasteiger charge is -2.09. The van der Waals surface area contributed by atoms with E-state index in [1.165, 1.54) is 0 Å². The van der Waals surface area contributed by atoms with Crippen LogP contribution in [0.5, 0.6) is 0 Å². The molecule has 1 aromatic carbocycles. The zero-order valence-corrected chi connectivity index (χ0v) is 12.0. The van der Waals surface area contributed by atoms with Gasteiger partial charge in [0.15, 0.2) is 0 Å². The minimum atomic E-state index is -0.152. The Kier molecular flexibility index (Phi) is 6.81. The van der Waals surface area contributed by atoms with Crippen molar-refractivity contribution in [2.45, 2.75) is 44.4 Å². The molecule has 0 saturated carbocycles. The Morgan fingerprint density at radius 3 is 2.06 bits per heavy atom. The predicted octanol–water partition coefficient (Wildman–Crippen LogP) is 5.13. The van der Waals surface area contributed by atoms with Crippen molar-refractivity contribution in [1.82, 2.24) is 0 Å². The van der Waals surface area contributed by atoms with Gasteiger partial charge in [0.1, 0.15) is 5.82 Å². The molecule has 0 atom stereocenters. The van der Waals surface area contributed by atoms with Crippen LogP contribution in [0.3, 0.4) is 0 Å². The Hall–Kier alpha value is -1.02. The predicted molar refractivity (Wildman–Crippen MR) is 79.9 cm³/mol. The highest BCUT2D eigenvalue weighted by Gasteiger charge is 2.09. The fraction of sp³-hybridized carbons (Fsp3) is 0.375. The molecular weight excluding hydrogens is 243 g/mol. The van der Waals surface area contributed by atoms with Gasteiger partial charge >= 0.3 is 0 Å². The summed E-state index contributed by atoms with van der Waals surface area (Å²) in [6, 6.07) is 3.89. The largest absolute Gasteiger partial charge is 0.205 e. The number of benzene rings is 1. The summed E-state index contributed by atoms with van der Waals surface area (Å²) in [5, 5.41) is 0. The monoisotopic (exact) mass is 264 g/mol. The molecule has 0 amide bonds. The molecule has 98 valence electrons. The third kappa shape index (κ3) is 4.34. The fourth-order valence-electron chi connectivity index (χ4n) is 1.85. The van der Waals surface area contributed by atoms with E-state index < -0.39 is 0 Å². The van der Waals surface area contributed by atoms with Crippen LogP contribution in [0.25, 0.3) is 0 Å². The number of thiol groups is 1. The maximum Gasteiger partial charge on any atom is 0.139 e. The molecule has 0 heterocycles. The quantitative estimate of drug-likeness (QED) is 0.534. The first-order chi connectivity index (χ1) is 8.70. The van der Waals surface area contributed by atoms with Crippen LogP contribution in [-0.2, 0) is 12.8 Å². The molecule has 0 fully saturated rings. The molecule has 0 N–H and O–H groups in total. The van der Waals surface area contributed by atoms with Gasteiger partial charge in [0.25, 0.3) is 0 Å². The Bertz CT molecular complexity index is 392. The van der Waals surface area contributed by atoms with Crippen LogP contribution >= 0.6 is 12.6 Å². The maximum absolute atomic E-state index is 14.1. The van der Waals surface area contributed by atoms with E-state index in [-0.39, 0.29) is 5.82 Å². The molecule has 2 heteroatoms. The van der Waals surface area contributed by atoms with Crippen LogP contribution in [0.1, 0.15) is 37.8 Å². The van der Waals surface area contributed by atoms with Crippen molar-refractivity contribution in [2.75, 3.05) is 0 Å². The number of aryl methyl sites for hydroxylation is 2. The number of allylic oxidation sites excluding steroid dienone is 4. The molecule has 1 rings (SSSR count). The minimum Gasteiger partial charge on any atom is -0.205 e. The van der Waals surface area contributed by atoms with Gasteiger partial charge in [0.2, 0.25) is 0 Å². The fourth-order valence-corrected chi connectivity index (χ4v) is 2.18. The van der Waals surface area contributed by atoms with E-state index in [0.717, 1.165) is 36.8 Å². The summed E-state index contributed by atoms with van der Waals surface area (Å²) in [6.07, 6.45) is 11.5. The zero-order valence-electron chi connectivity index (χ0n) is 11.1. The molecule has 0 aliphatic heterocycles. The Balaban J connectivity index is 2.77. The first-order valence-corrected chi connectivity index (χ1v) is 6.87. The van der Waals surface area contributed by atoms with E-state index in [4.69, 9.17) is 0 Å². The van der Waals surface area contributed by atoms with Gasteiger partial charge < -0.3 is 0 Å². The average Bonchev–Trinajstić information content (AvgIpc) is 2.37. The summed E-state index contributed by atoms with van der Waals surface area (Å²) in [4.78, 5) is 0.512. The Labute approximate surface area is 115 Å². The van der Waals surface area contributed by atoms with Gasteiger partial charge in [-0.15, -0.1) is 12.6 Å². The van der Waals surface area contributed by atoms with E-state index in [1.807, 2.05) is 38.1 Å². The lowest BCUT2D eigenvalue weighted by atomic mass is 10.0. The lowest BCUT2D eigenvalue weighted by molar-refractivity contribution is 0.579. The Morgan fingerprint density at radius 1 is 1.00 bits per heavy atom. The zero-order chi connectivity index (χ0) is 13.4. The van der Waals surface area contributed by atoms with Crippen molar-refractivity contribution in [3.8, 4) is 0 Å². The van der Waals surface area contributed by atoms with Crippen LogP contribution in [0, 0.1) is 5.82 Å². The second kappa shape index (κ2) is 8.15. The molecular formula is C16H21FS. The highest BCUT2D eigenvalue weighted by Crippen LogP contribution is 2.23. The van der Waals surface area contributed by atoms with Crippen molar-refractivity contribution >= 4 is 12.6 Å². The average molecular weight is 264 g/mol. The SMILES string of the molecule is C/C=C/CCc1ccc(CC/C=C/C)c(S)c1F. The number of hydrogen-bond acceptors (Lipinski definition) is 1. The summed E-state index contributed by atoms with van der Waals surface area (Å²) in [6.45, 7) is 3.97. The molecule has 0 nitrogen and oxygen atoms in total. The van der Waals surface area contributed by atoms with Crippen LogP contribution in [0.15, 0.2) is 41.3 Å². The van der Waals surface area contributed by atoms with Crippen molar-refractivity contribution in [3.05, 3.63) is 53.4 Å². The second-order valence-corrected chi connectivity index (χ2v) is 4.71. The van der Waals surface area contributed by atoms with E-state index >= 15 is 0 Å². The van der Waals surface area contributed by atoms with Crippen LogP contribution in [0.2, 0.25) is 0 Å². The van der Waals surface area contributed by atoms with E-state index in [9.17, 15) is 4.39 Å². The molecule has 1 aromatic rings. The van der Waals surface area contributed by atoms with E-state index in [2.05, 4.69) is 24.8 Å². The third-order valence-electron chi connectivity index (χ3n) is 2.91. The van der Waals surface area contributed by atoms with Gasteiger partial charge in [0, 0.05) is 4.90 Å². The Morgan fingerprint density at radius 2 is 1.50 bits per heavy atom. The van der Waals surface area contributed by atoms with Gasteiger partial charge in [-0.1, -0.05) is 36.4 Å². The second-order valence-electron chi connectivity index (χ2n) is 4.26. The van der Waals surface area contributed by atoms with E-state index in [0.29, 0.717) is 4.90 Å². The number of rotatable bonds is 6. The number of halogens is 1. The molecule has 0 aromatic heterocycles. The summed E-state index contributed by atoms with van der Waals surface area (Å²) in [5.74, 6) is -0.152. The van der Waals surface area contributed by atoms with Gasteiger partial charge in [0.05, 0.1) is 0 Å². The highest BCUT2D eigenvalue weighted by atomic mass is 32.1. The van der Waals surface area contributed by atoms with Crippen molar-refractivity contribution in [1.29, 1.82) is 0 Å². The summed E-state index contributed by atoms with van der Waals surface area (Å²) >= 11 is 4.31. The van der Waals surface area contributed by atoms with Crippen LogP contribution in [-0.4, -0.2) is 0 Å². The van der Waals surface area contributed by atoms with Gasteiger partial charge in [-0.3, -0.25) is 0 Å². The molecule has 0 radical (unpaired) electrons. The summed E-state index contributed by atoms with van der Waals surface area (Å²) < 4.78 is 14.1. The van der Waals surface area contributed by atoms with Gasteiger partial charge in [-0.2, -0.15) is 0 Å². The lowest BCUT2D eigenvalue weighted by Crippen LogP contribution is -1.96. The maximum atomic E-state index is 14.1. The molecule has 0 aliphatic rings. The molecule has 0 bridgehead atoms. The third-order valence-corrected chi connectivity index (χ3v) is 3.40. The van der Waals surface area contributed by atoms with Crippen molar-refractivity contribution in [2.24, 2.45) is 0 Å². The highest BCUT2D eigenvalue weighted by molar-refractivity contribution is 7.80. The molecule has 0 saturated heterocycles. The van der Waals surface area contributed by atoms with E-state index in [1.54, 1.807) is 0 Å². The topological polar surface area (TPSA) is 0 Å². The smallest absolute Gasteiger partial charge is 0.139 e. The summed E-state index contributed by atoms with van der Waals surface area (Å²) in [5.41, 5.74) is 1.75. The summed E-state index contributed by atoms with van der Waals surface area (Å²) in [7, 11) is 0. The van der Waals surface area contributed by atoms with Gasteiger partial charge in [-0.05, 0) is 50.7 Å². The van der Waals surface area contributed by atoms with Crippen LogP contribution < -0.4 is 0 Å². The first-order valence-electron chi connectivity index (χ1n) is 6.42. The minimum absolute atomic E-state index is 0.152. The first kappa shape index (κ1) is 15.0. The number of hydrogen-bond donors (Lipinski definition) is 1. The molecule has 0 spiro atoms. The molecule has 0 aliphatic carbocycles.